The van der Waals surface area contributed by atoms with Crippen molar-refractivity contribution in [3.05, 3.63) is 0 Å². The lowest BCUT2D eigenvalue weighted by atomic mass is 11.0. The van der Waals surface area contributed by atoms with Crippen molar-refractivity contribution in [2.75, 3.05) is 11.5 Å². The Bertz CT molecular complexity index is 415. The number of nitrogens with zero attached hydrogens (tertiary/aromatic N) is 6. The van der Waals surface area contributed by atoms with Crippen LogP contribution in [0.25, 0.3) is 0 Å². The summed E-state index contributed by atoms with van der Waals surface area (Å²) in [5, 5.41) is 13.7. The molecule has 0 radical (unpaired) electrons. The first-order valence-corrected chi connectivity index (χ1v) is 3.34. The molecule has 0 bridgehead atoms. The van der Waals surface area contributed by atoms with E-state index in [9.17, 15) is 0 Å². The first-order chi connectivity index (χ1) is 6.74. The second kappa shape index (κ2) is 3.08. The van der Waals surface area contributed by atoms with Gasteiger partial charge in [-0.25, -0.2) is 0 Å². The summed E-state index contributed by atoms with van der Waals surface area (Å²) >= 11 is 0. The first-order valence-electron chi connectivity index (χ1n) is 3.34. The van der Waals surface area contributed by atoms with Crippen LogP contribution in [0.1, 0.15) is 0 Å². The van der Waals surface area contributed by atoms with Crippen molar-refractivity contribution in [2.24, 2.45) is 10.2 Å². The fraction of sp³-hybridized carbons (Fsp3) is 0. The fourth-order valence-electron chi connectivity index (χ4n) is 0.625. The Kier molecular flexibility index (Phi) is 1.78. The molecule has 2 heterocycles. The Hall–Kier alpha value is -2.52. The maximum Gasteiger partial charge on any atom is 0.320 e. The molecule has 4 N–H and O–H groups in total. The molecule has 2 aromatic heterocycles. The predicted molar refractivity (Wildman–Crippen MR) is 41.6 cm³/mol. The Morgan fingerprint density at radius 2 is 1.29 bits per heavy atom. The fourth-order valence-corrected chi connectivity index (χ4v) is 0.625. The van der Waals surface area contributed by atoms with Gasteiger partial charge in [0.1, 0.15) is 0 Å². The number of azo groups is 1. The van der Waals surface area contributed by atoms with Gasteiger partial charge in [0.25, 0.3) is 0 Å². The Labute approximate surface area is 76.0 Å². The van der Waals surface area contributed by atoms with E-state index in [0.717, 1.165) is 0 Å². The summed E-state index contributed by atoms with van der Waals surface area (Å²) in [6.07, 6.45) is 0. The Morgan fingerprint density at radius 1 is 0.857 bits per heavy atom. The van der Waals surface area contributed by atoms with Crippen LogP contribution in [0, 0.1) is 0 Å². The summed E-state index contributed by atoms with van der Waals surface area (Å²) in [5.74, 6) is -0.0725. The number of hydrogen-bond donors (Lipinski definition) is 2. The molecular weight excluding hydrogens is 192 g/mol. The van der Waals surface area contributed by atoms with Crippen molar-refractivity contribution in [1.29, 1.82) is 0 Å². The van der Waals surface area contributed by atoms with Crippen molar-refractivity contribution in [3.8, 4) is 0 Å². The van der Waals surface area contributed by atoms with Crippen LogP contribution in [0.15, 0.2) is 19.3 Å². The highest BCUT2D eigenvalue weighted by Gasteiger charge is 2.02. The van der Waals surface area contributed by atoms with Gasteiger partial charge >= 0.3 is 23.9 Å². The minimum absolute atomic E-state index is 0.0362. The van der Waals surface area contributed by atoms with Crippen LogP contribution in [-0.4, -0.2) is 20.3 Å². The van der Waals surface area contributed by atoms with Gasteiger partial charge in [-0.15, -0.1) is 10.2 Å². The van der Waals surface area contributed by atoms with E-state index in [1.165, 1.54) is 0 Å². The molecule has 0 aliphatic heterocycles. The van der Waals surface area contributed by atoms with Gasteiger partial charge < -0.3 is 20.5 Å². The second-order valence-corrected chi connectivity index (χ2v) is 2.07. The van der Waals surface area contributed by atoms with E-state index < -0.39 is 0 Å². The minimum Gasteiger partial charge on any atom is -0.351 e. The quantitative estimate of drug-likeness (QED) is 0.637. The third-order valence-electron chi connectivity index (χ3n) is 1.09. The number of rotatable bonds is 2. The topological polar surface area (TPSA) is 155 Å². The highest BCUT2D eigenvalue weighted by atomic mass is 16.5. The first kappa shape index (κ1) is 8.10. The largest absolute Gasteiger partial charge is 0.351 e. The zero-order valence-electron chi connectivity index (χ0n) is 6.65. The number of hydrogen-bond acceptors (Lipinski definition) is 10. The van der Waals surface area contributed by atoms with Crippen molar-refractivity contribution in [1.82, 2.24) is 20.3 Å². The number of aromatic nitrogens is 4. The standard InChI is InChI=1S/C4H4N8O2/c5-1-7-3(11-13-1)9-10-4-8-2(6)14-12-4/h(H2,5,7,11)(H2,6,8,12)/b10-9+. The minimum atomic E-state index is -0.105. The van der Waals surface area contributed by atoms with Crippen LogP contribution in [0.4, 0.5) is 23.9 Å². The molecule has 72 valence electrons. The zero-order chi connectivity index (χ0) is 9.97. The lowest BCUT2D eigenvalue weighted by molar-refractivity contribution is 0.434. The average molecular weight is 196 g/mol. The highest BCUT2D eigenvalue weighted by Crippen LogP contribution is 2.12. The summed E-state index contributed by atoms with van der Waals surface area (Å²) in [7, 11) is 0. The van der Waals surface area contributed by atoms with Gasteiger partial charge in [-0.1, -0.05) is 0 Å². The maximum atomic E-state index is 5.14. The summed E-state index contributed by atoms with van der Waals surface area (Å²) < 4.78 is 8.86. The molecule has 10 nitrogen and oxygen atoms in total. The average Bonchev–Trinajstić information content (AvgIpc) is 2.72. The molecule has 0 unspecified atom stereocenters. The van der Waals surface area contributed by atoms with Gasteiger partial charge in [-0.05, 0) is 10.3 Å². The van der Waals surface area contributed by atoms with Gasteiger partial charge in [-0.2, -0.15) is 9.97 Å². The number of nitrogen functional groups attached to an aromatic ring is 2. The number of anilines is 2. The lowest BCUT2D eigenvalue weighted by Crippen LogP contribution is -1.81. The smallest absolute Gasteiger partial charge is 0.320 e. The molecule has 0 saturated carbocycles. The van der Waals surface area contributed by atoms with E-state index in [4.69, 9.17) is 11.5 Å². The van der Waals surface area contributed by atoms with E-state index in [-0.39, 0.29) is 23.9 Å². The van der Waals surface area contributed by atoms with Crippen molar-refractivity contribution < 1.29 is 9.05 Å². The normalized spacial score (nSPS) is 11.1. The highest BCUT2D eigenvalue weighted by molar-refractivity contribution is 5.22. The van der Waals surface area contributed by atoms with Crippen LogP contribution in [0.3, 0.4) is 0 Å². The Morgan fingerprint density at radius 3 is 1.57 bits per heavy atom. The molecular formula is C4H4N8O2. The van der Waals surface area contributed by atoms with Gasteiger partial charge in [0.05, 0.1) is 0 Å². The summed E-state index contributed by atoms with van der Waals surface area (Å²) in [5.41, 5.74) is 10.3. The molecule has 10 heteroatoms. The van der Waals surface area contributed by atoms with Gasteiger partial charge in [0, 0.05) is 0 Å². The van der Waals surface area contributed by atoms with Crippen molar-refractivity contribution in [2.45, 2.75) is 0 Å². The van der Waals surface area contributed by atoms with Crippen LogP contribution in [-0.2, 0) is 0 Å². The predicted octanol–water partition coefficient (Wildman–Crippen LogP) is 0.0324. The van der Waals surface area contributed by atoms with Gasteiger partial charge in [0.2, 0.25) is 0 Å². The van der Waals surface area contributed by atoms with Gasteiger partial charge in [-0.3, -0.25) is 0 Å². The summed E-state index contributed by atoms with van der Waals surface area (Å²) in [6, 6.07) is -0.210. The van der Waals surface area contributed by atoms with E-state index in [2.05, 4.69) is 39.6 Å². The molecule has 2 aromatic rings. The second-order valence-electron chi connectivity index (χ2n) is 2.07. The van der Waals surface area contributed by atoms with E-state index >= 15 is 0 Å². The van der Waals surface area contributed by atoms with E-state index in [0.29, 0.717) is 0 Å². The summed E-state index contributed by atoms with van der Waals surface area (Å²) in [6.45, 7) is 0. The molecule has 0 aliphatic rings. The third kappa shape index (κ3) is 1.63. The number of nitrogens with two attached hydrogens (primary N) is 2. The SMILES string of the molecule is Nc1nc(/N=N/c2noc(N)n2)no1. The van der Waals surface area contributed by atoms with Crippen molar-refractivity contribution >= 4 is 23.9 Å². The van der Waals surface area contributed by atoms with Crippen LogP contribution in [0.5, 0.6) is 0 Å². The van der Waals surface area contributed by atoms with Crippen LogP contribution < -0.4 is 11.5 Å². The summed E-state index contributed by atoms with van der Waals surface area (Å²) in [4.78, 5) is 7.11. The van der Waals surface area contributed by atoms with E-state index in [1.807, 2.05) is 0 Å². The molecule has 0 amide bonds. The van der Waals surface area contributed by atoms with Crippen LogP contribution >= 0.6 is 0 Å². The molecule has 14 heavy (non-hydrogen) atoms. The molecule has 0 fully saturated rings. The Balaban J connectivity index is 2.14. The molecule has 2 rings (SSSR count). The zero-order valence-corrected chi connectivity index (χ0v) is 6.65. The third-order valence-corrected chi connectivity index (χ3v) is 1.09. The molecule has 0 aliphatic carbocycles. The molecule has 0 saturated heterocycles. The maximum absolute atomic E-state index is 5.14. The molecule has 0 spiro atoms. The molecule has 0 aromatic carbocycles. The monoisotopic (exact) mass is 196 g/mol. The van der Waals surface area contributed by atoms with Gasteiger partial charge in [0.15, 0.2) is 0 Å². The van der Waals surface area contributed by atoms with Crippen LogP contribution in [0.2, 0.25) is 0 Å². The van der Waals surface area contributed by atoms with E-state index in [1.54, 1.807) is 0 Å². The van der Waals surface area contributed by atoms with Crippen molar-refractivity contribution in [3.63, 3.8) is 0 Å². The lowest BCUT2D eigenvalue weighted by Gasteiger charge is -1.75. The molecule has 0 atom stereocenters.